The first-order valence-corrected chi connectivity index (χ1v) is 13.1. The number of ether oxygens (including phenoxy) is 1. The Bertz CT molecular complexity index is 1260. The molecular weight excluding hydrogens is 516 g/mol. The van der Waals surface area contributed by atoms with E-state index in [-0.39, 0.29) is 5.78 Å². The number of hydrogen-bond donors (Lipinski definition) is 0. The molecule has 0 radical (unpaired) electrons. The Kier molecular flexibility index (Phi) is 7.50. The largest absolute Gasteiger partial charge is 0.497 e. The first-order valence-electron chi connectivity index (χ1n) is 10.8. The first-order chi connectivity index (χ1) is 16.4. The van der Waals surface area contributed by atoms with E-state index in [1.165, 1.54) is 4.31 Å². The monoisotopic (exact) mass is 540 g/mol. The molecule has 1 fully saturated rings. The van der Waals surface area contributed by atoms with Gasteiger partial charge in [0.25, 0.3) is 0 Å². The number of piperazine rings is 1. The summed E-state index contributed by atoms with van der Waals surface area (Å²) in [7, 11) is -1.89. The lowest BCUT2D eigenvalue weighted by Gasteiger charge is -2.35. The van der Waals surface area contributed by atoms with Gasteiger partial charge in [-0.25, -0.2) is 8.42 Å². The van der Waals surface area contributed by atoms with Gasteiger partial charge in [0.1, 0.15) is 5.75 Å². The average molecular weight is 541 g/mol. The summed E-state index contributed by atoms with van der Waals surface area (Å²) in [6, 6.07) is 21.6. The fraction of sp³-hybridized carbons (Fsp3) is 0.192. The smallest absolute Gasteiger partial charge is 0.243 e. The van der Waals surface area contributed by atoms with Crippen molar-refractivity contribution in [2.24, 2.45) is 0 Å². The molecule has 176 valence electrons. The number of sulfonamides is 1. The fourth-order valence-electron chi connectivity index (χ4n) is 3.76. The second-order valence-corrected chi connectivity index (χ2v) is 10.7. The van der Waals surface area contributed by atoms with Gasteiger partial charge < -0.3 is 9.64 Å². The molecule has 34 heavy (non-hydrogen) atoms. The molecule has 4 rings (SSSR count). The molecule has 0 atom stereocenters. The van der Waals surface area contributed by atoms with Crippen LogP contribution in [0.4, 0.5) is 5.69 Å². The van der Waals surface area contributed by atoms with Crippen molar-refractivity contribution in [1.82, 2.24) is 4.31 Å². The van der Waals surface area contributed by atoms with Gasteiger partial charge in [0.2, 0.25) is 10.0 Å². The Morgan fingerprint density at radius 2 is 1.50 bits per heavy atom. The molecule has 6 nitrogen and oxygen atoms in total. The first kappa shape index (κ1) is 24.2. The van der Waals surface area contributed by atoms with Crippen LogP contribution < -0.4 is 9.64 Å². The highest BCUT2D eigenvalue weighted by atomic mass is 79.9. The van der Waals surface area contributed by atoms with Gasteiger partial charge in [-0.3, -0.25) is 4.79 Å². The number of rotatable bonds is 7. The SMILES string of the molecule is COc1ccc(C=CC(=O)c2ccc(N3CCN(S(=O)(=O)c4ccc(Br)cc4)CC3)cc2)cc1. The van der Waals surface area contributed by atoms with Crippen molar-refractivity contribution in [3.05, 3.63) is 94.5 Å². The van der Waals surface area contributed by atoms with Crippen LogP contribution >= 0.6 is 15.9 Å². The number of benzene rings is 3. The van der Waals surface area contributed by atoms with E-state index in [9.17, 15) is 13.2 Å². The van der Waals surface area contributed by atoms with Crippen LogP contribution in [0.25, 0.3) is 6.08 Å². The fourth-order valence-corrected chi connectivity index (χ4v) is 5.45. The maximum atomic E-state index is 12.9. The summed E-state index contributed by atoms with van der Waals surface area (Å²) in [6.07, 6.45) is 3.34. The lowest BCUT2D eigenvalue weighted by Crippen LogP contribution is -2.48. The van der Waals surface area contributed by atoms with Crippen molar-refractivity contribution in [3.8, 4) is 5.75 Å². The molecule has 1 saturated heterocycles. The Labute approximate surface area is 208 Å². The van der Waals surface area contributed by atoms with Crippen molar-refractivity contribution < 1.29 is 17.9 Å². The van der Waals surface area contributed by atoms with Crippen molar-refractivity contribution in [2.45, 2.75) is 4.90 Å². The summed E-state index contributed by atoms with van der Waals surface area (Å²) in [6.45, 7) is 1.98. The number of hydrogen-bond acceptors (Lipinski definition) is 5. The number of halogens is 1. The third-order valence-electron chi connectivity index (χ3n) is 5.75. The number of carbonyl (C=O) groups is 1. The van der Waals surface area contributed by atoms with Crippen LogP contribution in [-0.2, 0) is 10.0 Å². The summed E-state index contributed by atoms with van der Waals surface area (Å²) in [5.41, 5.74) is 2.49. The quantitative estimate of drug-likeness (QED) is 0.316. The second-order valence-electron chi connectivity index (χ2n) is 7.86. The molecule has 1 aliphatic heterocycles. The number of ketones is 1. The molecule has 1 heterocycles. The minimum absolute atomic E-state index is 0.0761. The molecule has 8 heteroatoms. The second kappa shape index (κ2) is 10.5. The Balaban J connectivity index is 1.35. The third kappa shape index (κ3) is 5.58. The normalized spacial score (nSPS) is 14.9. The summed E-state index contributed by atoms with van der Waals surface area (Å²) in [5, 5.41) is 0. The Morgan fingerprint density at radius 3 is 2.09 bits per heavy atom. The zero-order chi connectivity index (χ0) is 24.1. The zero-order valence-corrected chi connectivity index (χ0v) is 21.1. The highest BCUT2D eigenvalue weighted by Gasteiger charge is 2.28. The lowest BCUT2D eigenvalue weighted by molar-refractivity contribution is 0.104. The van der Waals surface area contributed by atoms with Gasteiger partial charge in [-0.1, -0.05) is 34.1 Å². The van der Waals surface area contributed by atoms with Crippen molar-refractivity contribution >= 4 is 43.5 Å². The minimum Gasteiger partial charge on any atom is -0.497 e. The predicted octanol–water partition coefficient (Wildman–Crippen LogP) is 4.86. The van der Waals surface area contributed by atoms with Crippen LogP contribution in [0.3, 0.4) is 0 Å². The molecule has 0 amide bonds. The van der Waals surface area contributed by atoms with Crippen LogP contribution in [0, 0.1) is 0 Å². The van der Waals surface area contributed by atoms with Gasteiger partial charge in [-0.15, -0.1) is 0 Å². The van der Waals surface area contributed by atoms with Crippen LogP contribution in [0.5, 0.6) is 5.75 Å². The molecular formula is C26H25BrN2O4S. The Morgan fingerprint density at radius 1 is 0.882 bits per heavy atom. The molecule has 0 spiro atoms. The summed E-state index contributed by atoms with van der Waals surface area (Å²) >= 11 is 3.34. The maximum Gasteiger partial charge on any atom is 0.243 e. The average Bonchev–Trinajstić information content (AvgIpc) is 2.88. The molecule has 1 aliphatic rings. The van der Waals surface area contributed by atoms with E-state index in [0.29, 0.717) is 36.6 Å². The van der Waals surface area contributed by atoms with E-state index < -0.39 is 10.0 Å². The zero-order valence-electron chi connectivity index (χ0n) is 18.7. The number of allylic oxidation sites excluding steroid dienone is 1. The number of methoxy groups -OCH3 is 1. The van der Waals surface area contributed by atoms with Gasteiger partial charge in [0.15, 0.2) is 5.78 Å². The Hall–Kier alpha value is -2.94. The highest BCUT2D eigenvalue weighted by molar-refractivity contribution is 9.10. The van der Waals surface area contributed by atoms with Crippen LogP contribution in [0.15, 0.2) is 88.2 Å². The van der Waals surface area contributed by atoms with Crippen LogP contribution in [0.2, 0.25) is 0 Å². The van der Waals surface area contributed by atoms with E-state index in [1.807, 2.05) is 36.4 Å². The number of carbonyl (C=O) groups excluding carboxylic acids is 1. The molecule has 0 aromatic heterocycles. The highest BCUT2D eigenvalue weighted by Crippen LogP contribution is 2.23. The van der Waals surface area contributed by atoms with E-state index in [0.717, 1.165) is 21.5 Å². The lowest BCUT2D eigenvalue weighted by atomic mass is 10.1. The van der Waals surface area contributed by atoms with Gasteiger partial charge in [-0.05, 0) is 72.3 Å². The molecule has 3 aromatic carbocycles. The van der Waals surface area contributed by atoms with Crippen molar-refractivity contribution in [1.29, 1.82) is 0 Å². The van der Waals surface area contributed by atoms with Crippen LogP contribution in [0.1, 0.15) is 15.9 Å². The van der Waals surface area contributed by atoms with E-state index in [4.69, 9.17) is 4.74 Å². The molecule has 0 aliphatic carbocycles. The van der Waals surface area contributed by atoms with E-state index in [2.05, 4.69) is 20.8 Å². The topological polar surface area (TPSA) is 66.9 Å². The predicted molar refractivity (Wildman–Crippen MR) is 138 cm³/mol. The van der Waals surface area contributed by atoms with Gasteiger partial charge in [0, 0.05) is 41.9 Å². The number of anilines is 1. The summed E-state index contributed by atoms with van der Waals surface area (Å²) in [5.74, 6) is 0.693. The minimum atomic E-state index is -3.51. The van der Waals surface area contributed by atoms with E-state index >= 15 is 0 Å². The molecule has 3 aromatic rings. The molecule has 0 saturated carbocycles. The summed E-state index contributed by atoms with van der Waals surface area (Å²) in [4.78, 5) is 15.0. The molecule has 0 N–H and O–H groups in total. The van der Waals surface area contributed by atoms with Gasteiger partial charge in [-0.2, -0.15) is 4.31 Å². The van der Waals surface area contributed by atoms with Gasteiger partial charge in [0.05, 0.1) is 12.0 Å². The third-order valence-corrected chi connectivity index (χ3v) is 8.19. The van der Waals surface area contributed by atoms with Crippen molar-refractivity contribution in [3.63, 3.8) is 0 Å². The molecule has 0 unspecified atom stereocenters. The van der Waals surface area contributed by atoms with Gasteiger partial charge >= 0.3 is 0 Å². The maximum absolute atomic E-state index is 12.9. The van der Waals surface area contributed by atoms with Crippen molar-refractivity contribution in [2.75, 3.05) is 38.2 Å². The number of nitrogens with zero attached hydrogens (tertiary/aromatic N) is 2. The standard InChI is InChI=1S/C26H25BrN2O4S/c1-33-24-11-2-20(3-12-24)4-15-26(30)21-5-9-23(10-6-21)28-16-18-29(19-17-28)34(31,32)25-13-7-22(27)8-14-25/h2-15H,16-19H2,1H3. The van der Waals surface area contributed by atoms with E-state index in [1.54, 1.807) is 55.7 Å². The summed E-state index contributed by atoms with van der Waals surface area (Å²) < 4.78 is 33.3. The van der Waals surface area contributed by atoms with Crippen LogP contribution in [-0.4, -0.2) is 51.8 Å². The molecule has 0 bridgehead atoms.